The number of nitrogens with two attached hydrogens (primary N) is 1. The third kappa shape index (κ3) is 13.0. The van der Waals surface area contributed by atoms with Crippen LogP contribution in [-0.2, 0) is 27.2 Å². The molecular weight excluding hydrogens is 524 g/mol. The lowest BCUT2D eigenvalue weighted by molar-refractivity contribution is -0.147. The van der Waals surface area contributed by atoms with Crippen molar-refractivity contribution in [1.29, 1.82) is 0 Å². The largest absolute Gasteiger partial charge is 0.348 e. The van der Waals surface area contributed by atoms with E-state index in [1.807, 2.05) is 6.92 Å². The van der Waals surface area contributed by atoms with Gasteiger partial charge in [-0.2, -0.15) is 0 Å². The second kappa shape index (κ2) is 19.4. The van der Waals surface area contributed by atoms with E-state index in [1.165, 1.54) is 11.2 Å². The number of H-pyrrole nitrogens is 2. The van der Waals surface area contributed by atoms with Crippen LogP contribution in [0.2, 0.25) is 0 Å². The third-order valence-corrected chi connectivity index (χ3v) is 6.98. The summed E-state index contributed by atoms with van der Waals surface area (Å²) >= 11 is 0. The van der Waals surface area contributed by atoms with E-state index in [2.05, 4.69) is 42.2 Å². The molecule has 2 heterocycles. The summed E-state index contributed by atoms with van der Waals surface area (Å²) in [6, 6.07) is -1.49. The van der Waals surface area contributed by atoms with Crippen molar-refractivity contribution < 1.29 is 14.4 Å². The average molecular weight is 571 g/mol. The Bertz CT molecular complexity index is 1070. The minimum Gasteiger partial charge on any atom is -0.348 e. The molecule has 0 fully saturated rings. The molecule has 0 aromatic carbocycles. The molecule has 0 saturated heterocycles. The molecule has 2 rings (SSSR count). The molecule has 2 unspecified atom stereocenters. The number of aromatic amines is 2. The second-order valence-electron chi connectivity index (χ2n) is 10.5. The molecule has 13 heteroatoms. The Labute approximate surface area is 242 Å². The molecule has 2 aromatic rings. The average Bonchev–Trinajstić information content (AvgIpc) is 3.65. The Morgan fingerprint density at radius 3 is 2.37 bits per heavy atom. The number of carbonyl (C=O) groups is 3. The number of nitrogens with one attached hydrogen (secondary N) is 3. The first-order valence-electron chi connectivity index (χ1n) is 14.8. The van der Waals surface area contributed by atoms with Crippen LogP contribution < -0.4 is 11.1 Å². The molecule has 226 valence electrons. The molecule has 2 aromatic heterocycles. The highest BCUT2D eigenvalue weighted by atomic mass is 16.2. The second-order valence-corrected chi connectivity index (χ2v) is 10.5. The van der Waals surface area contributed by atoms with Gasteiger partial charge in [-0.1, -0.05) is 51.1 Å². The third-order valence-electron chi connectivity index (χ3n) is 6.98. The number of aromatic nitrogens is 4. The predicted octanol–water partition coefficient (Wildman–Crippen LogP) is 4.10. The molecule has 13 nitrogen and oxygen atoms in total. The van der Waals surface area contributed by atoms with E-state index in [1.54, 1.807) is 18.7 Å². The number of imidazole rings is 2. The molecule has 0 bridgehead atoms. The van der Waals surface area contributed by atoms with Gasteiger partial charge in [-0.15, -0.1) is 0 Å². The van der Waals surface area contributed by atoms with Gasteiger partial charge in [0, 0.05) is 73.0 Å². The van der Waals surface area contributed by atoms with E-state index < -0.39 is 11.9 Å². The van der Waals surface area contributed by atoms with Crippen molar-refractivity contribution in [2.75, 3.05) is 6.54 Å². The maximum Gasteiger partial charge on any atom is 0.252 e. The van der Waals surface area contributed by atoms with E-state index in [0.29, 0.717) is 31.4 Å². The number of hydrogen-bond acceptors (Lipinski definition) is 7. The van der Waals surface area contributed by atoms with E-state index in [-0.39, 0.29) is 49.7 Å². The molecular formula is C28H46N10O3. The van der Waals surface area contributed by atoms with Crippen LogP contribution in [0.25, 0.3) is 10.4 Å². The SMILES string of the molecule is CCCCCCC(CCCC(=O)N[C@@H](Cc1cnc[nH]1)C(=O)N(CCc1cnc[nH]1)C(=O)CC(N)CCC)N=[N+]=[N-]. The van der Waals surface area contributed by atoms with Gasteiger partial charge in [-0.3, -0.25) is 19.3 Å². The molecule has 0 aliphatic rings. The fourth-order valence-corrected chi connectivity index (χ4v) is 4.73. The summed E-state index contributed by atoms with van der Waals surface area (Å²) in [6.45, 7) is 4.26. The van der Waals surface area contributed by atoms with E-state index >= 15 is 0 Å². The summed E-state index contributed by atoms with van der Waals surface area (Å²) in [4.78, 5) is 58.3. The van der Waals surface area contributed by atoms with Gasteiger partial charge in [0.2, 0.25) is 11.8 Å². The summed E-state index contributed by atoms with van der Waals surface area (Å²) in [5.74, 6) is -1.18. The van der Waals surface area contributed by atoms with Gasteiger partial charge in [-0.25, -0.2) is 9.97 Å². The number of unbranched alkanes of at least 4 members (excludes halogenated alkanes) is 3. The molecule has 0 spiro atoms. The minimum atomic E-state index is -0.974. The zero-order chi connectivity index (χ0) is 29.9. The molecule has 0 aliphatic carbocycles. The zero-order valence-corrected chi connectivity index (χ0v) is 24.4. The first-order valence-corrected chi connectivity index (χ1v) is 14.8. The molecule has 5 N–H and O–H groups in total. The fraction of sp³-hybridized carbons (Fsp3) is 0.679. The van der Waals surface area contributed by atoms with Crippen molar-refractivity contribution in [2.45, 2.75) is 115 Å². The Hall–Kier alpha value is -3.70. The van der Waals surface area contributed by atoms with E-state index in [4.69, 9.17) is 11.3 Å². The van der Waals surface area contributed by atoms with Crippen LogP contribution in [0.4, 0.5) is 0 Å². The summed E-state index contributed by atoms with van der Waals surface area (Å²) < 4.78 is 0. The minimum absolute atomic E-state index is 0.0341. The molecule has 0 saturated carbocycles. The maximum atomic E-state index is 13.8. The van der Waals surface area contributed by atoms with Crippen LogP contribution >= 0.6 is 0 Å². The molecule has 0 aliphatic heterocycles. The normalized spacial score (nSPS) is 13.1. The first-order chi connectivity index (χ1) is 19.9. The molecule has 0 radical (unpaired) electrons. The molecule has 3 amide bonds. The van der Waals surface area contributed by atoms with Crippen molar-refractivity contribution in [1.82, 2.24) is 30.2 Å². The van der Waals surface area contributed by atoms with Crippen LogP contribution in [0.1, 0.15) is 95.9 Å². The number of imide groups is 1. The highest BCUT2D eigenvalue weighted by molar-refractivity contribution is 5.99. The van der Waals surface area contributed by atoms with Crippen molar-refractivity contribution in [3.8, 4) is 0 Å². The molecule has 3 atom stereocenters. The van der Waals surface area contributed by atoms with Crippen molar-refractivity contribution in [3.63, 3.8) is 0 Å². The highest BCUT2D eigenvalue weighted by Crippen LogP contribution is 2.15. The number of amides is 3. The quantitative estimate of drug-likeness (QED) is 0.0753. The van der Waals surface area contributed by atoms with Gasteiger partial charge in [0.1, 0.15) is 6.04 Å². The Morgan fingerprint density at radius 2 is 1.73 bits per heavy atom. The Morgan fingerprint density at radius 1 is 1.02 bits per heavy atom. The zero-order valence-electron chi connectivity index (χ0n) is 24.4. The topological polar surface area (TPSA) is 199 Å². The fourth-order valence-electron chi connectivity index (χ4n) is 4.73. The summed E-state index contributed by atoms with van der Waals surface area (Å²) in [6.07, 6.45) is 14.8. The van der Waals surface area contributed by atoms with Crippen LogP contribution in [0.3, 0.4) is 0 Å². The van der Waals surface area contributed by atoms with Crippen LogP contribution in [-0.4, -0.2) is 67.2 Å². The lowest BCUT2D eigenvalue weighted by Crippen LogP contribution is -2.52. The predicted molar refractivity (Wildman–Crippen MR) is 156 cm³/mol. The van der Waals surface area contributed by atoms with Gasteiger partial charge >= 0.3 is 0 Å². The van der Waals surface area contributed by atoms with E-state index in [9.17, 15) is 14.4 Å². The maximum absolute atomic E-state index is 13.8. The standard InChI is InChI=1S/C28H46N10O3/c1-3-5-6-7-10-22(36-37-30)11-8-12-26(39)35-25(16-24-18-32-20-34-24)28(41)38(14-13-23-17-31-19-33-23)27(40)15-21(29)9-4-2/h17-22,25H,3-16,29H2,1-2H3,(H,31,33)(H,32,34)(H,35,39)/t21?,22?,25-/m0/s1. The number of azide groups is 1. The van der Waals surface area contributed by atoms with Gasteiger partial charge in [0.25, 0.3) is 5.91 Å². The van der Waals surface area contributed by atoms with Crippen molar-refractivity contribution in [2.24, 2.45) is 10.8 Å². The number of nitrogens with zero attached hydrogens (tertiary/aromatic N) is 6. The van der Waals surface area contributed by atoms with Crippen LogP contribution in [0.15, 0.2) is 30.2 Å². The lowest BCUT2D eigenvalue weighted by atomic mass is 10.0. The number of hydrogen-bond donors (Lipinski definition) is 4. The van der Waals surface area contributed by atoms with Gasteiger partial charge in [0.15, 0.2) is 0 Å². The molecule has 41 heavy (non-hydrogen) atoms. The smallest absolute Gasteiger partial charge is 0.252 e. The highest BCUT2D eigenvalue weighted by Gasteiger charge is 2.31. The van der Waals surface area contributed by atoms with Gasteiger partial charge in [0.05, 0.1) is 12.7 Å². The summed E-state index contributed by atoms with van der Waals surface area (Å²) in [7, 11) is 0. The monoisotopic (exact) mass is 570 g/mol. The summed E-state index contributed by atoms with van der Waals surface area (Å²) in [5, 5.41) is 6.74. The lowest BCUT2D eigenvalue weighted by Gasteiger charge is -2.27. The Kier molecular flexibility index (Phi) is 15.8. The summed E-state index contributed by atoms with van der Waals surface area (Å²) in [5.41, 5.74) is 16.5. The first kappa shape index (κ1) is 33.5. The Balaban J connectivity index is 2.09. The van der Waals surface area contributed by atoms with Gasteiger partial charge < -0.3 is 21.0 Å². The van der Waals surface area contributed by atoms with Crippen LogP contribution in [0.5, 0.6) is 0 Å². The number of carbonyl (C=O) groups excluding carboxylic acids is 3. The van der Waals surface area contributed by atoms with E-state index in [0.717, 1.165) is 44.2 Å². The van der Waals surface area contributed by atoms with Crippen LogP contribution in [0, 0.1) is 0 Å². The van der Waals surface area contributed by atoms with Crippen molar-refractivity contribution in [3.05, 3.63) is 46.9 Å². The van der Waals surface area contributed by atoms with Crippen molar-refractivity contribution >= 4 is 17.7 Å². The number of rotatable bonds is 21. The van der Waals surface area contributed by atoms with Gasteiger partial charge in [-0.05, 0) is 31.2 Å².